The molecule has 1 aromatic carbocycles. The van der Waals surface area contributed by atoms with Crippen LogP contribution >= 0.6 is 0 Å². The summed E-state index contributed by atoms with van der Waals surface area (Å²) in [6.07, 6.45) is 2.45. The van der Waals surface area contributed by atoms with Crippen molar-refractivity contribution in [2.24, 2.45) is 0 Å². The Morgan fingerprint density at radius 1 is 1.30 bits per heavy atom. The highest BCUT2D eigenvalue weighted by molar-refractivity contribution is 5.89. The van der Waals surface area contributed by atoms with Gasteiger partial charge < -0.3 is 20.6 Å². The molecule has 1 heterocycles. The molecule has 6 heteroatoms. The van der Waals surface area contributed by atoms with Crippen LogP contribution in [0.25, 0.3) is 0 Å². The molecule has 2 amide bonds. The number of urea groups is 1. The number of aliphatic hydroxyl groups is 1. The molecule has 0 spiro atoms. The van der Waals surface area contributed by atoms with Crippen molar-refractivity contribution in [3.63, 3.8) is 0 Å². The van der Waals surface area contributed by atoms with E-state index in [9.17, 15) is 9.90 Å². The van der Waals surface area contributed by atoms with Crippen LogP contribution in [0.2, 0.25) is 0 Å². The Morgan fingerprint density at radius 3 is 2.74 bits per heavy atom. The topological polar surface area (TPSA) is 77.5 Å². The molecule has 23 heavy (non-hydrogen) atoms. The van der Waals surface area contributed by atoms with Gasteiger partial charge in [-0.3, -0.25) is 4.98 Å². The normalized spacial score (nSPS) is 11.6. The molecule has 0 aliphatic heterocycles. The first-order valence-corrected chi connectivity index (χ1v) is 7.54. The summed E-state index contributed by atoms with van der Waals surface area (Å²) >= 11 is 0. The number of pyridine rings is 1. The van der Waals surface area contributed by atoms with Crippen molar-refractivity contribution in [3.8, 4) is 0 Å². The van der Waals surface area contributed by atoms with Crippen LogP contribution in [0.3, 0.4) is 0 Å². The van der Waals surface area contributed by atoms with Gasteiger partial charge in [-0.05, 0) is 42.8 Å². The lowest BCUT2D eigenvalue weighted by Gasteiger charge is -2.18. The number of nitrogens with zero attached hydrogens (tertiary/aromatic N) is 2. The summed E-state index contributed by atoms with van der Waals surface area (Å²) in [5.74, 6) is 0. The van der Waals surface area contributed by atoms with E-state index in [2.05, 4.69) is 27.4 Å². The van der Waals surface area contributed by atoms with Gasteiger partial charge in [-0.15, -0.1) is 0 Å². The summed E-state index contributed by atoms with van der Waals surface area (Å²) in [7, 11) is 1.99. The molecule has 1 atom stereocenters. The second-order valence-electron chi connectivity index (χ2n) is 5.20. The second-order valence-corrected chi connectivity index (χ2v) is 5.20. The third-order valence-corrected chi connectivity index (χ3v) is 3.57. The first-order valence-electron chi connectivity index (χ1n) is 7.54. The first kappa shape index (κ1) is 16.8. The molecule has 122 valence electrons. The van der Waals surface area contributed by atoms with Crippen molar-refractivity contribution in [1.29, 1.82) is 0 Å². The molecule has 0 radical (unpaired) electrons. The van der Waals surface area contributed by atoms with E-state index in [4.69, 9.17) is 0 Å². The van der Waals surface area contributed by atoms with Crippen LogP contribution in [-0.2, 0) is 0 Å². The maximum atomic E-state index is 11.9. The highest BCUT2D eigenvalue weighted by atomic mass is 16.3. The number of aromatic nitrogens is 1. The van der Waals surface area contributed by atoms with Gasteiger partial charge in [-0.1, -0.05) is 6.07 Å². The lowest BCUT2D eigenvalue weighted by molar-refractivity contribution is 0.175. The molecular formula is C17H22N4O2. The summed E-state index contributed by atoms with van der Waals surface area (Å²) in [5.41, 5.74) is 2.45. The minimum atomic E-state index is -0.763. The Labute approximate surface area is 136 Å². The predicted molar refractivity (Wildman–Crippen MR) is 91.6 cm³/mol. The number of anilines is 2. The van der Waals surface area contributed by atoms with Crippen molar-refractivity contribution in [2.45, 2.75) is 13.0 Å². The number of hydrogen-bond donors (Lipinski definition) is 3. The van der Waals surface area contributed by atoms with E-state index in [1.807, 2.05) is 31.3 Å². The van der Waals surface area contributed by atoms with Gasteiger partial charge >= 0.3 is 6.03 Å². The number of carbonyl (C=O) groups is 1. The number of carbonyl (C=O) groups excluding carboxylic acids is 1. The van der Waals surface area contributed by atoms with E-state index in [-0.39, 0.29) is 12.6 Å². The van der Waals surface area contributed by atoms with E-state index in [0.29, 0.717) is 11.3 Å². The maximum Gasteiger partial charge on any atom is 0.319 e. The molecule has 1 unspecified atom stereocenters. The molecule has 2 rings (SSSR count). The van der Waals surface area contributed by atoms with E-state index >= 15 is 0 Å². The van der Waals surface area contributed by atoms with Gasteiger partial charge in [0.25, 0.3) is 0 Å². The van der Waals surface area contributed by atoms with Gasteiger partial charge in [0.1, 0.15) is 0 Å². The number of benzene rings is 1. The second kappa shape index (κ2) is 8.14. The van der Waals surface area contributed by atoms with Crippen molar-refractivity contribution in [2.75, 3.05) is 30.4 Å². The maximum absolute atomic E-state index is 11.9. The highest BCUT2D eigenvalue weighted by Gasteiger charge is 2.09. The average Bonchev–Trinajstić information content (AvgIpc) is 2.60. The number of amides is 2. The van der Waals surface area contributed by atoms with Crippen LogP contribution in [0.1, 0.15) is 18.6 Å². The summed E-state index contributed by atoms with van der Waals surface area (Å²) < 4.78 is 0. The Hall–Kier alpha value is -2.60. The molecule has 0 fully saturated rings. The van der Waals surface area contributed by atoms with Gasteiger partial charge in [0.2, 0.25) is 0 Å². The zero-order valence-electron chi connectivity index (χ0n) is 13.4. The fraction of sp³-hybridized carbons (Fsp3) is 0.294. The molecule has 3 N–H and O–H groups in total. The third-order valence-electron chi connectivity index (χ3n) is 3.57. The van der Waals surface area contributed by atoms with Gasteiger partial charge in [-0.25, -0.2) is 4.79 Å². The molecular weight excluding hydrogens is 292 g/mol. The summed E-state index contributed by atoms with van der Waals surface area (Å²) in [5, 5.41) is 15.4. The smallest absolute Gasteiger partial charge is 0.319 e. The molecule has 6 nitrogen and oxygen atoms in total. The highest BCUT2D eigenvalue weighted by Crippen LogP contribution is 2.18. The minimum absolute atomic E-state index is 0.129. The number of nitrogens with one attached hydrogen (secondary N) is 2. The molecule has 0 bridgehead atoms. The van der Waals surface area contributed by atoms with Gasteiger partial charge in [0, 0.05) is 43.9 Å². The van der Waals surface area contributed by atoms with Crippen molar-refractivity contribution in [3.05, 3.63) is 54.4 Å². The van der Waals surface area contributed by atoms with Crippen LogP contribution in [0.5, 0.6) is 0 Å². The van der Waals surface area contributed by atoms with E-state index in [0.717, 1.165) is 12.2 Å². The van der Waals surface area contributed by atoms with Crippen LogP contribution in [0.15, 0.2) is 48.8 Å². The largest absolute Gasteiger partial charge is 0.387 e. The standard InChI is InChI=1S/C17H22N4O2/c1-3-21(2)15-6-4-5-14(11-15)20-17(23)19-12-16(22)13-7-9-18-10-8-13/h4-11,16,22H,3,12H2,1-2H3,(H2,19,20,23). The van der Waals surface area contributed by atoms with E-state index < -0.39 is 6.10 Å². The predicted octanol–water partition coefficient (Wildman–Crippen LogP) is 2.39. The molecule has 0 saturated carbocycles. The molecule has 0 aliphatic carbocycles. The SMILES string of the molecule is CCN(C)c1cccc(NC(=O)NCC(O)c2ccncc2)c1. The monoisotopic (exact) mass is 314 g/mol. The van der Waals surface area contributed by atoms with Gasteiger partial charge in [0.15, 0.2) is 0 Å². The zero-order chi connectivity index (χ0) is 16.7. The Kier molecular flexibility index (Phi) is 5.94. The van der Waals surface area contributed by atoms with Crippen LogP contribution in [-0.4, -0.2) is 36.3 Å². The average molecular weight is 314 g/mol. The summed E-state index contributed by atoms with van der Waals surface area (Å²) in [6.45, 7) is 3.07. The third kappa shape index (κ3) is 4.96. The Balaban J connectivity index is 1.87. The lowest BCUT2D eigenvalue weighted by Crippen LogP contribution is -2.32. The van der Waals surface area contributed by atoms with Gasteiger partial charge in [0.05, 0.1) is 6.10 Å². The van der Waals surface area contributed by atoms with Crippen molar-refractivity contribution in [1.82, 2.24) is 10.3 Å². The van der Waals surface area contributed by atoms with Crippen molar-refractivity contribution < 1.29 is 9.90 Å². The van der Waals surface area contributed by atoms with Gasteiger partial charge in [-0.2, -0.15) is 0 Å². The zero-order valence-corrected chi connectivity index (χ0v) is 13.4. The Morgan fingerprint density at radius 2 is 2.04 bits per heavy atom. The van der Waals surface area contributed by atoms with Crippen LogP contribution in [0, 0.1) is 0 Å². The van der Waals surface area contributed by atoms with Crippen LogP contribution in [0.4, 0.5) is 16.2 Å². The number of hydrogen-bond acceptors (Lipinski definition) is 4. The first-order chi connectivity index (χ1) is 11.1. The minimum Gasteiger partial charge on any atom is -0.387 e. The number of aliphatic hydroxyl groups excluding tert-OH is 1. The summed E-state index contributed by atoms with van der Waals surface area (Å²) in [6, 6.07) is 10.7. The Bertz CT molecular complexity index is 634. The molecule has 1 aromatic heterocycles. The molecule has 0 aliphatic rings. The molecule has 0 saturated heterocycles. The van der Waals surface area contributed by atoms with E-state index in [1.54, 1.807) is 24.5 Å². The quantitative estimate of drug-likeness (QED) is 0.765. The van der Waals surface area contributed by atoms with E-state index in [1.165, 1.54) is 0 Å². The lowest BCUT2D eigenvalue weighted by atomic mass is 10.1. The fourth-order valence-corrected chi connectivity index (χ4v) is 2.07. The van der Waals surface area contributed by atoms with Crippen LogP contribution < -0.4 is 15.5 Å². The number of rotatable bonds is 6. The fourth-order valence-electron chi connectivity index (χ4n) is 2.07. The van der Waals surface area contributed by atoms with Crippen molar-refractivity contribution >= 4 is 17.4 Å². The molecule has 2 aromatic rings. The summed E-state index contributed by atoms with van der Waals surface area (Å²) in [4.78, 5) is 17.9.